The summed E-state index contributed by atoms with van der Waals surface area (Å²) < 4.78 is 35.5. The number of fused-ring (bicyclic) bond motifs is 1. The number of anilines is 1. The van der Waals surface area contributed by atoms with Crippen LogP contribution in [0.2, 0.25) is 18.1 Å². The minimum atomic E-state index is -3.90. The molecule has 39 heavy (non-hydrogen) atoms. The van der Waals surface area contributed by atoms with E-state index in [0.29, 0.717) is 33.3 Å². The Bertz CT molecular complexity index is 1520. The number of aromatic nitrogens is 3. The molecule has 0 fully saturated rings. The van der Waals surface area contributed by atoms with Gasteiger partial charge in [0.15, 0.2) is 14.3 Å². The van der Waals surface area contributed by atoms with E-state index >= 15 is 0 Å². The van der Waals surface area contributed by atoms with Gasteiger partial charge in [-0.2, -0.15) is 0 Å². The van der Waals surface area contributed by atoms with Crippen molar-refractivity contribution in [3.63, 3.8) is 0 Å². The average molecular weight is 682 g/mol. The molecule has 1 atom stereocenters. The van der Waals surface area contributed by atoms with E-state index in [2.05, 4.69) is 77.1 Å². The van der Waals surface area contributed by atoms with Gasteiger partial charge in [0.05, 0.1) is 17.2 Å². The van der Waals surface area contributed by atoms with Crippen molar-refractivity contribution in [3.05, 3.63) is 68.9 Å². The second-order valence-electron chi connectivity index (χ2n) is 11.3. The SMILES string of the molecule is CN=C1Nc2c(c(I)cn2S(=O)(=O)c2ccc(C)cc2)C(N)(Cc2nccc(CO[Si](C)(C)C(C)(C)C)n2)N1. The summed E-state index contributed by atoms with van der Waals surface area (Å²) in [5, 5.41) is 6.42. The van der Waals surface area contributed by atoms with Crippen molar-refractivity contribution < 1.29 is 12.8 Å². The van der Waals surface area contributed by atoms with Crippen LogP contribution in [0.1, 0.15) is 43.4 Å². The summed E-state index contributed by atoms with van der Waals surface area (Å²) in [6.07, 6.45) is 3.46. The van der Waals surface area contributed by atoms with Gasteiger partial charge in [0.1, 0.15) is 17.3 Å². The third-order valence-electron chi connectivity index (χ3n) is 7.34. The van der Waals surface area contributed by atoms with E-state index in [1.165, 1.54) is 3.97 Å². The van der Waals surface area contributed by atoms with E-state index < -0.39 is 24.0 Å². The van der Waals surface area contributed by atoms with Crippen LogP contribution in [0.3, 0.4) is 0 Å². The zero-order valence-electron chi connectivity index (χ0n) is 23.3. The molecule has 0 radical (unpaired) electrons. The van der Waals surface area contributed by atoms with Crippen LogP contribution in [-0.4, -0.2) is 43.7 Å². The van der Waals surface area contributed by atoms with Gasteiger partial charge in [-0.05, 0) is 65.8 Å². The fourth-order valence-corrected chi connectivity index (χ4v) is 7.47. The van der Waals surface area contributed by atoms with Gasteiger partial charge < -0.3 is 20.8 Å². The van der Waals surface area contributed by atoms with Crippen LogP contribution in [0.15, 0.2) is 52.6 Å². The van der Waals surface area contributed by atoms with Gasteiger partial charge in [0.25, 0.3) is 10.0 Å². The van der Waals surface area contributed by atoms with E-state index in [1.807, 2.05) is 13.0 Å². The maximum absolute atomic E-state index is 13.6. The molecule has 0 spiro atoms. The van der Waals surface area contributed by atoms with E-state index in [9.17, 15) is 8.42 Å². The Balaban J connectivity index is 1.70. The van der Waals surface area contributed by atoms with Crippen LogP contribution >= 0.6 is 22.6 Å². The Hall–Kier alpha value is -2.33. The number of rotatable bonds is 7. The van der Waals surface area contributed by atoms with Crippen molar-refractivity contribution in [2.75, 3.05) is 12.4 Å². The molecule has 0 bridgehead atoms. The highest BCUT2D eigenvalue weighted by Gasteiger charge is 2.42. The summed E-state index contributed by atoms with van der Waals surface area (Å²) in [6, 6.07) is 8.58. The lowest BCUT2D eigenvalue weighted by Gasteiger charge is -2.37. The summed E-state index contributed by atoms with van der Waals surface area (Å²) in [4.78, 5) is 13.6. The van der Waals surface area contributed by atoms with Crippen LogP contribution in [0.5, 0.6) is 0 Å². The Morgan fingerprint density at radius 1 is 1.21 bits per heavy atom. The van der Waals surface area contributed by atoms with Crippen LogP contribution in [0, 0.1) is 10.5 Å². The molecule has 0 aliphatic carbocycles. The molecule has 10 nitrogen and oxygen atoms in total. The molecule has 210 valence electrons. The molecular weight excluding hydrogens is 645 g/mol. The first-order valence-electron chi connectivity index (χ1n) is 12.6. The van der Waals surface area contributed by atoms with Crippen LogP contribution < -0.4 is 16.4 Å². The van der Waals surface area contributed by atoms with E-state index in [-0.39, 0.29) is 16.4 Å². The van der Waals surface area contributed by atoms with Crippen molar-refractivity contribution in [1.29, 1.82) is 0 Å². The molecule has 1 aromatic carbocycles. The first kappa shape index (κ1) is 29.6. The lowest BCUT2D eigenvalue weighted by atomic mass is 9.96. The van der Waals surface area contributed by atoms with Crippen LogP contribution in [0.4, 0.5) is 5.82 Å². The Kier molecular flexibility index (Phi) is 8.04. The summed E-state index contributed by atoms with van der Waals surface area (Å²) in [5.74, 6) is 1.19. The minimum Gasteiger partial charge on any atom is -0.411 e. The maximum Gasteiger partial charge on any atom is 0.269 e. The van der Waals surface area contributed by atoms with Crippen molar-refractivity contribution in [3.8, 4) is 0 Å². The van der Waals surface area contributed by atoms with Crippen LogP contribution in [-0.2, 0) is 33.1 Å². The monoisotopic (exact) mass is 681 g/mol. The van der Waals surface area contributed by atoms with Gasteiger partial charge in [-0.1, -0.05) is 38.5 Å². The number of nitrogens with one attached hydrogen (secondary N) is 2. The number of benzene rings is 1. The summed E-state index contributed by atoms with van der Waals surface area (Å²) >= 11 is 2.11. The predicted molar refractivity (Wildman–Crippen MR) is 165 cm³/mol. The molecule has 0 amide bonds. The van der Waals surface area contributed by atoms with Crippen LogP contribution in [0.25, 0.3) is 0 Å². The number of nitrogens with zero attached hydrogens (tertiary/aromatic N) is 4. The standard InChI is InChI=1S/C26H36IN7O3SSi/c1-17-8-10-19(11-9-17)38(35,36)34-15-20(27)22-23(34)32-24(29-5)33-26(22,28)14-21-30-13-12-18(31-21)16-37-39(6,7)25(2,3)4/h8-13,15H,14,16,28H2,1-7H3,(H2,29,32,33). The minimum absolute atomic E-state index is 0.0816. The third kappa shape index (κ3) is 5.92. The summed E-state index contributed by atoms with van der Waals surface area (Å²) in [6.45, 7) is 13.3. The maximum atomic E-state index is 13.6. The molecule has 13 heteroatoms. The highest BCUT2D eigenvalue weighted by Crippen LogP contribution is 2.39. The molecule has 4 N–H and O–H groups in total. The summed E-state index contributed by atoms with van der Waals surface area (Å²) in [5.41, 5.74) is 8.09. The van der Waals surface area contributed by atoms with Crippen molar-refractivity contribution in [2.45, 2.75) is 69.4 Å². The van der Waals surface area contributed by atoms with E-state index in [4.69, 9.17) is 15.1 Å². The topological polar surface area (TPSA) is 137 Å². The molecule has 3 aromatic rings. The number of nitrogens with two attached hydrogens (primary N) is 1. The quantitative estimate of drug-likeness (QED) is 0.248. The predicted octanol–water partition coefficient (Wildman–Crippen LogP) is 4.31. The van der Waals surface area contributed by atoms with Gasteiger partial charge in [-0.3, -0.25) is 4.99 Å². The highest BCUT2D eigenvalue weighted by atomic mass is 127. The van der Waals surface area contributed by atoms with Crippen molar-refractivity contribution >= 4 is 52.7 Å². The molecule has 1 unspecified atom stereocenters. The number of halogens is 1. The average Bonchev–Trinajstić information content (AvgIpc) is 3.20. The number of aliphatic imine (C=N–C) groups is 1. The first-order valence-corrected chi connectivity index (χ1v) is 18.0. The number of hydrogen-bond donors (Lipinski definition) is 3. The molecule has 1 aliphatic heterocycles. The summed E-state index contributed by atoms with van der Waals surface area (Å²) in [7, 11) is -4.26. The molecule has 3 heterocycles. The number of aryl methyl sites for hydroxylation is 1. The zero-order valence-corrected chi connectivity index (χ0v) is 27.3. The lowest BCUT2D eigenvalue weighted by molar-refractivity contribution is 0.271. The van der Waals surface area contributed by atoms with Gasteiger partial charge in [0.2, 0.25) is 0 Å². The van der Waals surface area contributed by atoms with E-state index in [1.54, 1.807) is 43.7 Å². The van der Waals surface area contributed by atoms with Crippen molar-refractivity contribution in [1.82, 2.24) is 19.3 Å². The first-order chi connectivity index (χ1) is 18.1. The normalized spacial score (nSPS) is 18.9. The smallest absolute Gasteiger partial charge is 0.269 e. The number of hydrogen-bond acceptors (Lipinski definition) is 7. The molecular formula is C26H36IN7O3SSi. The molecule has 4 rings (SSSR count). The largest absolute Gasteiger partial charge is 0.411 e. The second kappa shape index (κ2) is 10.6. The van der Waals surface area contributed by atoms with Gasteiger partial charge in [0, 0.05) is 35.0 Å². The molecule has 1 aliphatic rings. The second-order valence-corrected chi connectivity index (χ2v) is 19.1. The fourth-order valence-electron chi connectivity index (χ4n) is 4.00. The third-order valence-corrected chi connectivity index (χ3v) is 14.3. The fraction of sp³-hybridized carbons (Fsp3) is 0.423. The highest BCUT2D eigenvalue weighted by molar-refractivity contribution is 14.1. The lowest BCUT2D eigenvalue weighted by Crippen LogP contribution is -2.60. The molecule has 0 saturated heterocycles. The van der Waals surface area contributed by atoms with Gasteiger partial charge >= 0.3 is 0 Å². The Labute approximate surface area is 245 Å². The van der Waals surface area contributed by atoms with Gasteiger partial charge in [-0.25, -0.2) is 22.4 Å². The Morgan fingerprint density at radius 2 is 1.87 bits per heavy atom. The zero-order chi connectivity index (χ0) is 28.8. The van der Waals surface area contributed by atoms with Crippen molar-refractivity contribution in [2.24, 2.45) is 10.7 Å². The Morgan fingerprint density at radius 3 is 2.49 bits per heavy atom. The van der Waals surface area contributed by atoms with E-state index in [0.717, 1.165) is 11.3 Å². The molecule has 0 saturated carbocycles. The van der Waals surface area contributed by atoms with Gasteiger partial charge in [-0.15, -0.1) is 0 Å². The molecule has 2 aromatic heterocycles. The number of guanidine groups is 1.